The zero-order valence-electron chi connectivity index (χ0n) is 11.1. The van der Waals surface area contributed by atoms with Gasteiger partial charge in [-0.05, 0) is 30.2 Å². The second-order valence-corrected chi connectivity index (χ2v) is 4.84. The minimum atomic E-state index is -0.236. The number of pyridine rings is 1. The van der Waals surface area contributed by atoms with Gasteiger partial charge in [0.1, 0.15) is 0 Å². The smallest absolute Gasteiger partial charge is 0.180 e. The molecule has 3 nitrogen and oxygen atoms in total. The van der Waals surface area contributed by atoms with Gasteiger partial charge in [-0.2, -0.15) is 0 Å². The number of carbonyl (C=O) groups is 1. The molecule has 20 heavy (non-hydrogen) atoms. The van der Waals surface area contributed by atoms with E-state index in [0.717, 1.165) is 29.8 Å². The van der Waals surface area contributed by atoms with Crippen LogP contribution in [0.2, 0.25) is 0 Å². The number of hydrogen-bond acceptors (Lipinski definition) is 3. The van der Waals surface area contributed by atoms with Crippen LogP contribution in [0, 0.1) is 0 Å². The Kier molecular flexibility index (Phi) is 3.70. The number of piperidine rings is 1. The lowest BCUT2D eigenvalue weighted by atomic mass is 9.91. The van der Waals surface area contributed by atoms with E-state index in [9.17, 15) is 4.79 Å². The predicted octanol–water partition coefficient (Wildman–Crippen LogP) is 2.77. The Hall–Kier alpha value is -2.26. The van der Waals surface area contributed by atoms with Gasteiger partial charge < -0.3 is 5.32 Å². The molecule has 1 fully saturated rings. The van der Waals surface area contributed by atoms with E-state index in [-0.39, 0.29) is 11.8 Å². The molecular formula is C17H16N2O. The van der Waals surface area contributed by atoms with Crippen molar-refractivity contribution in [3.05, 3.63) is 71.6 Å². The molecule has 0 radical (unpaired) electrons. The van der Waals surface area contributed by atoms with Gasteiger partial charge in [-0.15, -0.1) is 0 Å². The van der Waals surface area contributed by atoms with Crippen LogP contribution in [0.3, 0.4) is 0 Å². The second-order valence-electron chi connectivity index (χ2n) is 4.84. The van der Waals surface area contributed by atoms with Crippen LogP contribution in [-0.2, 0) is 4.79 Å². The molecule has 3 heteroatoms. The molecule has 1 atom stereocenters. The number of nitrogens with one attached hydrogen (secondary N) is 1. The van der Waals surface area contributed by atoms with Gasteiger partial charge in [0.25, 0.3) is 0 Å². The summed E-state index contributed by atoms with van der Waals surface area (Å²) in [5.74, 6) is 0.146. The van der Waals surface area contributed by atoms with Gasteiger partial charge in [0.2, 0.25) is 0 Å². The molecule has 1 saturated heterocycles. The summed E-state index contributed by atoms with van der Waals surface area (Å²) in [5, 5.41) is 3.29. The highest BCUT2D eigenvalue weighted by Gasteiger charge is 2.27. The van der Waals surface area contributed by atoms with Crippen molar-refractivity contribution < 1.29 is 4.79 Å². The van der Waals surface area contributed by atoms with Crippen molar-refractivity contribution in [1.29, 1.82) is 0 Å². The summed E-state index contributed by atoms with van der Waals surface area (Å²) in [6, 6.07) is 15.3. The highest BCUT2D eigenvalue weighted by atomic mass is 16.1. The van der Waals surface area contributed by atoms with Crippen LogP contribution >= 0.6 is 0 Å². The van der Waals surface area contributed by atoms with Crippen LogP contribution in [0.15, 0.2) is 60.3 Å². The maximum Gasteiger partial charge on any atom is 0.180 e. The summed E-state index contributed by atoms with van der Waals surface area (Å²) in [7, 11) is 0. The highest BCUT2D eigenvalue weighted by molar-refractivity contribution is 6.04. The van der Waals surface area contributed by atoms with Crippen molar-refractivity contribution in [2.45, 2.75) is 12.5 Å². The molecule has 0 spiro atoms. The largest absolute Gasteiger partial charge is 0.303 e. The van der Waals surface area contributed by atoms with E-state index in [2.05, 4.69) is 10.3 Å². The number of rotatable bonds is 2. The Morgan fingerprint density at radius 3 is 2.65 bits per heavy atom. The van der Waals surface area contributed by atoms with Crippen molar-refractivity contribution in [3.8, 4) is 0 Å². The molecule has 2 heterocycles. The maximum atomic E-state index is 12.6. The fourth-order valence-corrected chi connectivity index (χ4v) is 2.45. The molecular weight excluding hydrogens is 248 g/mol. The molecule has 0 aliphatic carbocycles. The fraction of sp³-hybridized carbons (Fsp3) is 0.176. The monoisotopic (exact) mass is 264 g/mol. The summed E-state index contributed by atoms with van der Waals surface area (Å²) in [6.07, 6.45) is 4.39. The Morgan fingerprint density at radius 1 is 1.10 bits per heavy atom. The quantitative estimate of drug-likeness (QED) is 0.848. The first-order valence-electron chi connectivity index (χ1n) is 6.79. The van der Waals surface area contributed by atoms with Crippen LogP contribution < -0.4 is 5.32 Å². The van der Waals surface area contributed by atoms with Gasteiger partial charge in [-0.1, -0.05) is 36.4 Å². The van der Waals surface area contributed by atoms with Crippen LogP contribution in [-0.4, -0.2) is 17.3 Å². The molecule has 1 aliphatic heterocycles. The third-order valence-electron chi connectivity index (χ3n) is 3.46. The van der Waals surface area contributed by atoms with Crippen LogP contribution in [0.25, 0.3) is 6.08 Å². The van der Waals surface area contributed by atoms with E-state index >= 15 is 0 Å². The van der Waals surface area contributed by atoms with Crippen molar-refractivity contribution in [3.63, 3.8) is 0 Å². The fourth-order valence-electron chi connectivity index (χ4n) is 2.45. The number of aromatic nitrogens is 1. The Morgan fingerprint density at radius 2 is 1.90 bits per heavy atom. The lowest BCUT2D eigenvalue weighted by molar-refractivity contribution is -0.118. The Bertz CT molecular complexity index is 620. The minimum Gasteiger partial charge on any atom is -0.303 e. The summed E-state index contributed by atoms with van der Waals surface area (Å²) in [6.45, 7) is 0.809. The van der Waals surface area contributed by atoms with Gasteiger partial charge in [-0.25, -0.2) is 0 Å². The van der Waals surface area contributed by atoms with Crippen molar-refractivity contribution in [2.75, 3.05) is 6.54 Å². The first-order chi connectivity index (χ1) is 9.84. The van der Waals surface area contributed by atoms with E-state index in [1.165, 1.54) is 0 Å². The lowest BCUT2D eigenvalue weighted by Gasteiger charge is -2.24. The van der Waals surface area contributed by atoms with Crippen molar-refractivity contribution in [2.24, 2.45) is 0 Å². The first-order valence-corrected chi connectivity index (χ1v) is 6.79. The standard InChI is InChI=1S/C17H16N2O/c20-17-14(12-15-8-4-5-10-18-15)9-11-19-16(17)13-6-2-1-3-7-13/h1-8,10,12,16,19H,9,11H2/b14-12-. The average Bonchev–Trinajstić information content (AvgIpc) is 2.51. The predicted molar refractivity (Wildman–Crippen MR) is 79.0 cm³/mol. The molecule has 1 aliphatic rings. The van der Waals surface area contributed by atoms with E-state index in [4.69, 9.17) is 0 Å². The first kappa shape index (κ1) is 12.8. The van der Waals surface area contributed by atoms with Crippen LogP contribution in [0.5, 0.6) is 0 Å². The molecule has 1 aromatic carbocycles. The molecule has 0 amide bonds. The van der Waals surface area contributed by atoms with E-state index < -0.39 is 0 Å². The number of benzene rings is 1. The van der Waals surface area contributed by atoms with Gasteiger partial charge in [0.05, 0.1) is 11.7 Å². The van der Waals surface area contributed by atoms with E-state index in [0.29, 0.717) is 0 Å². The Labute approximate surface area is 118 Å². The third kappa shape index (κ3) is 2.68. The molecule has 1 aromatic heterocycles. The molecule has 3 rings (SSSR count). The topological polar surface area (TPSA) is 42.0 Å². The lowest BCUT2D eigenvalue weighted by Crippen LogP contribution is -2.36. The van der Waals surface area contributed by atoms with Crippen molar-refractivity contribution >= 4 is 11.9 Å². The zero-order valence-corrected chi connectivity index (χ0v) is 11.1. The number of Topliss-reactive ketones (excluding diaryl/α,β-unsaturated/α-hetero) is 1. The molecule has 0 saturated carbocycles. The van der Waals surface area contributed by atoms with Gasteiger partial charge in [-0.3, -0.25) is 9.78 Å². The molecule has 1 unspecified atom stereocenters. The van der Waals surface area contributed by atoms with Crippen LogP contribution in [0.1, 0.15) is 23.7 Å². The summed E-state index contributed by atoms with van der Waals surface area (Å²) < 4.78 is 0. The molecule has 1 N–H and O–H groups in total. The van der Waals surface area contributed by atoms with Crippen LogP contribution in [0.4, 0.5) is 0 Å². The van der Waals surface area contributed by atoms with Crippen molar-refractivity contribution in [1.82, 2.24) is 10.3 Å². The van der Waals surface area contributed by atoms with Gasteiger partial charge >= 0.3 is 0 Å². The van der Waals surface area contributed by atoms with Gasteiger partial charge in [0.15, 0.2) is 5.78 Å². The maximum absolute atomic E-state index is 12.6. The number of carbonyl (C=O) groups excluding carboxylic acids is 1. The van der Waals surface area contributed by atoms with Gasteiger partial charge in [0, 0.05) is 18.3 Å². The number of hydrogen-bond donors (Lipinski definition) is 1. The number of nitrogens with zero attached hydrogens (tertiary/aromatic N) is 1. The molecule has 0 bridgehead atoms. The molecule has 100 valence electrons. The summed E-state index contributed by atoms with van der Waals surface area (Å²) in [5.41, 5.74) is 2.70. The van der Waals surface area contributed by atoms with E-state index in [1.54, 1.807) is 6.20 Å². The number of ketones is 1. The highest BCUT2D eigenvalue weighted by Crippen LogP contribution is 2.24. The summed E-state index contributed by atoms with van der Waals surface area (Å²) >= 11 is 0. The molecule has 2 aromatic rings. The zero-order chi connectivity index (χ0) is 13.8. The Balaban J connectivity index is 1.88. The normalized spacial score (nSPS) is 21.1. The summed E-state index contributed by atoms with van der Waals surface area (Å²) in [4.78, 5) is 16.8. The average molecular weight is 264 g/mol. The minimum absolute atomic E-state index is 0.146. The van der Waals surface area contributed by atoms with E-state index in [1.807, 2.05) is 54.6 Å². The third-order valence-corrected chi connectivity index (χ3v) is 3.46. The second kappa shape index (κ2) is 5.80. The SMILES string of the molecule is O=C1/C(=C\c2ccccn2)CCNC1c1ccccc1.